The van der Waals surface area contributed by atoms with Gasteiger partial charge < -0.3 is 5.73 Å². The van der Waals surface area contributed by atoms with Crippen LogP contribution in [0.2, 0.25) is 5.02 Å². The first-order valence-corrected chi connectivity index (χ1v) is 6.72. The van der Waals surface area contributed by atoms with E-state index in [0.717, 1.165) is 30.9 Å². The summed E-state index contributed by atoms with van der Waals surface area (Å²) in [4.78, 5) is 6.65. The highest BCUT2D eigenvalue weighted by atomic mass is 35.5. The summed E-state index contributed by atoms with van der Waals surface area (Å²) in [5.41, 5.74) is 8.72. The fraction of sp³-hybridized carbons (Fsp3) is 0.267. The number of rotatable bonds is 5. The number of aromatic nitrogens is 1. The van der Waals surface area contributed by atoms with Crippen LogP contribution in [0.25, 0.3) is 0 Å². The Labute approximate surface area is 119 Å². The molecule has 2 rings (SSSR count). The third-order valence-corrected chi connectivity index (χ3v) is 3.16. The Hall–Kier alpha value is -1.58. The Morgan fingerprint density at radius 1 is 1.21 bits per heavy atom. The van der Waals surface area contributed by atoms with Crippen LogP contribution in [0.3, 0.4) is 0 Å². The smallest absolute Gasteiger partial charge is 0.0544 e. The van der Waals surface area contributed by atoms with Gasteiger partial charge in [0.1, 0.15) is 0 Å². The molecule has 0 aliphatic carbocycles. The Morgan fingerprint density at radius 2 is 2.05 bits per heavy atom. The minimum absolute atomic E-state index is 0.684. The Morgan fingerprint density at radius 3 is 2.68 bits per heavy atom. The lowest BCUT2D eigenvalue weighted by molar-refractivity contribution is 0.268. The van der Waals surface area contributed by atoms with Crippen LogP contribution in [-0.4, -0.2) is 16.4 Å². The molecule has 1 aromatic heterocycles. The van der Waals surface area contributed by atoms with Crippen molar-refractivity contribution >= 4 is 17.3 Å². The maximum absolute atomic E-state index is 6.03. The van der Waals surface area contributed by atoms with Crippen molar-refractivity contribution in [1.29, 1.82) is 0 Å². The monoisotopic (exact) mass is 275 g/mol. The van der Waals surface area contributed by atoms with Crippen molar-refractivity contribution in [3.05, 3.63) is 58.9 Å². The minimum atomic E-state index is 0.684. The first-order chi connectivity index (χ1) is 9.17. The van der Waals surface area contributed by atoms with Gasteiger partial charge in [-0.1, -0.05) is 24.6 Å². The highest BCUT2D eigenvalue weighted by Crippen LogP contribution is 2.18. The van der Waals surface area contributed by atoms with E-state index in [0.29, 0.717) is 10.7 Å². The summed E-state index contributed by atoms with van der Waals surface area (Å²) in [5.74, 6) is 0. The predicted molar refractivity (Wildman–Crippen MR) is 79.9 cm³/mol. The molecule has 0 radical (unpaired) electrons. The quantitative estimate of drug-likeness (QED) is 0.851. The van der Waals surface area contributed by atoms with Gasteiger partial charge in [-0.25, -0.2) is 0 Å². The molecule has 0 fully saturated rings. The zero-order valence-corrected chi connectivity index (χ0v) is 11.8. The molecule has 3 nitrogen and oxygen atoms in total. The average Bonchev–Trinajstić information content (AvgIpc) is 2.38. The number of hydrogen-bond acceptors (Lipinski definition) is 3. The van der Waals surface area contributed by atoms with Crippen LogP contribution >= 0.6 is 11.6 Å². The Kier molecular flexibility index (Phi) is 4.77. The highest BCUT2D eigenvalue weighted by molar-refractivity contribution is 6.30. The first-order valence-electron chi connectivity index (χ1n) is 6.34. The fourth-order valence-electron chi connectivity index (χ4n) is 2.03. The van der Waals surface area contributed by atoms with Gasteiger partial charge in [-0.05, 0) is 42.4 Å². The molecule has 0 bridgehead atoms. The van der Waals surface area contributed by atoms with Gasteiger partial charge in [0.2, 0.25) is 0 Å². The van der Waals surface area contributed by atoms with Crippen LogP contribution < -0.4 is 5.73 Å². The Balaban J connectivity index is 2.06. The molecule has 0 amide bonds. The number of pyridine rings is 1. The topological polar surface area (TPSA) is 42.1 Å². The van der Waals surface area contributed by atoms with Crippen molar-refractivity contribution < 1.29 is 0 Å². The second-order valence-electron chi connectivity index (χ2n) is 4.52. The maximum Gasteiger partial charge on any atom is 0.0544 e. The van der Waals surface area contributed by atoms with E-state index < -0.39 is 0 Å². The summed E-state index contributed by atoms with van der Waals surface area (Å²) in [5, 5.41) is 0.684. The van der Waals surface area contributed by atoms with Gasteiger partial charge in [0.15, 0.2) is 0 Å². The molecule has 0 spiro atoms. The maximum atomic E-state index is 6.03. The highest BCUT2D eigenvalue weighted by Gasteiger charge is 2.06. The lowest BCUT2D eigenvalue weighted by Crippen LogP contribution is -2.22. The summed E-state index contributed by atoms with van der Waals surface area (Å²) in [7, 11) is 0. The number of hydrogen-bond donors (Lipinski definition) is 1. The van der Waals surface area contributed by atoms with Crippen molar-refractivity contribution in [3.8, 4) is 0 Å². The van der Waals surface area contributed by atoms with Crippen LogP contribution in [-0.2, 0) is 13.1 Å². The van der Waals surface area contributed by atoms with E-state index in [9.17, 15) is 0 Å². The molecule has 0 aliphatic heterocycles. The van der Waals surface area contributed by atoms with E-state index in [1.54, 1.807) is 6.07 Å². The molecule has 0 saturated heterocycles. The average molecular weight is 276 g/mol. The minimum Gasteiger partial charge on any atom is -0.399 e. The SMILES string of the molecule is CCN(Cc1cc(N)cc(Cl)c1)Cc1ccccn1. The lowest BCUT2D eigenvalue weighted by Gasteiger charge is -2.20. The van der Waals surface area contributed by atoms with Gasteiger partial charge in [-0.15, -0.1) is 0 Å². The first kappa shape index (κ1) is 13.8. The van der Waals surface area contributed by atoms with Gasteiger partial charge in [-0.3, -0.25) is 9.88 Å². The molecule has 19 heavy (non-hydrogen) atoms. The number of nitrogen functional groups attached to an aromatic ring is 1. The molecule has 0 atom stereocenters. The van der Waals surface area contributed by atoms with E-state index in [1.807, 2.05) is 36.5 Å². The number of anilines is 1. The second-order valence-corrected chi connectivity index (χ2v) is 4.95. The number of halogens is 1. The van der Waals surface area contributed by atoms with Crippen LogP contribution in [0.15, 0.2) is 42.6 Å². The number of nitrogens with two attached hydrogens (primary N) is 1. The predicted octanol–water partition coefficient (Wildman–Crippen LogP) is 3.34. The summed E-state index contributed by atoms with van der Waals surface area (Å²) in [6.45, 7) is 4.72. The molecule has 0 unspecified atom stereocenters. The van der Waals surface area contributed by atoms with E-state index in [1.165, 1.54) is 0 Å². The van der Waals surface area contributed by atoms with Crippen LogP contribution in [0.1, 0.15) is 18.2 Å². The zero-order chi connectivity index (χ0) is 13.7. The fourth-order valence-corrected chi connectivity index (χ4v) is 2.29. The van der Waals surface area contributed by atoms with E-state index >= 15 is 0 Å². The van der Waals surface area contributed by atoms with Gasteiger partial charge in [0.05, 0.1) is 5.69 Å². The van der Waals surface area contributed by atoms with Crippen molar-refractivity contribution in [3.63, 3.8) is 0 Å². The Bertz CT molecular complexity index is 508. The van der Waals surface area contributed by atoms with Crippen molar-refractivity contribution in [2.75, 3.05) is 12.3 Å². The molecular formula is C15H18ClN3. The lowest BCUT2D eigenvalue weighted by atomic mass is 10.2. The molecule has 4 heteroatoms. The third-order valence-electron chi connectivity index (χ3n) is 2.95. The van der Waals surface area contributed by atoms with Crippen molar-refractivity contribution in [1.82, 2.24) is 9.88 Å². The standard InChI is InChI=1S/C15H18ClN3/c1-2-19(11-15-5-3-4-6-18-15)10-12-7-13(16)9-14(17)8-12/h3-9H,2,10-11,17H2,1H3. The number of benzene rings is 1. The molecular weight excluding hydrogens is 258 g/mol. The van der Waals surface area contributed by atoms with Gasteiger partial charge in [-0.2, -0.15) is 0 Å². The molecule has 2 N–H and O–H groups in total. The van der Waals surface area contributed by atoms with Gasteiger partial charge in [0.25, 0.3) is 0 Å². The van der Waals surface area contributed by atoms with E-state index in [2.05, 4.69) is 16.8 Å². The molecule has 1 heterocycles. The molecule has 100 valence electrons. The summed E-state index contributed by atoms with van der Waals surface area (Å²) >= 11 is 6.03. The van der Waals surface area contributed by atoms with Crippen LogP contribution in [0.5, 0.6) is 0 Å². The summed E-state index contributed by atoms with van der Waals surface area (Å²) in [6, 6.07) is 11.7. The normalized spacial score (nSPS) is 10.9. The van der Waals surface area contributed by atoms with Crippen molar-refractivity contribution in [2.45, 2.75) is 20.0 Å². The molecule has 0 saturated carbocycles. The van der Waals surface area contributed by atoms with E-state index in [4.69, 9.17) is 17.3 Å². The summed E-state index contributed by atoms with van der Waals surface area (Å²) < 4.78 is 0. The van der Waals surface area contributed by atoms with Crippen LogP contribution in [0, 0.1) is 0 Å². The summed E-state index contributed by atoms with van der Waals surface area (Å²) in [6.07, 6.45) is 1.82. The van der Waals surface area contributed by atoms with Crippen molar-refractivity contribution in [2.24, 2.45) is 0 Å². The van der Waals surface area contributed by atoms with Gasteiger partial charge in [0, 0.05) is 30.0 Å². The zero-order valence-electron chi connectivity index (χ0n) is 11.0. The van der Waals surface area contributed by atoms with Crippen LogP contribution in [0.4, 0.5) is 5.69 Å². The van der Waals surface area contributed by atoms with E-state index in [-0.39, 0.29) is 0 Å². The largest absolute Gasteiger partial charge is 0.399 e. The molecule has 2 aromatic rings. The molecule has 1 aromatic carbocycles. The van der Waals surface area contributed by atoms with Gasteiger partial charge >= 0.3 is 0 Å². The second kappa shape index (κ2) is 6.55. The third kappa shape index (κ3) is 4.23. The molecule has 0 aliphatic rings. The number of nitrogens with zero attached hydrogens (tertiary/aromatic N) is 2.